The van der Waals surface area contributed by atoms with Gasteiger partial charge in [-0.05, 0) is 87.9 Å². The van der Waals surface area contributed by atoms with Crippen molar-refractivity contribution in [1.82, 2.24) is 0 Å². The first-order valence-corrected chi connectivity index (χ1v) is 14.7. The van der Waals surface area contributed by atoms with E-state index in [1.54, 1.807) is 0 Å². The minimum absolute atomic E-state index is 0.0714. The molecule has 24 heavy (non-hydrogen) atoms. The van der Waals surface area contributed by atoms with Crippen molar-refractivity contribution >= 4 is 35.3 Å². The molecule has 4 aliphatic rings. The van der Waals surface area contributed by atoms with Crippen LogP contribution in [0.3, 0.4) is 0 Å². The highest BCUT2D eigenvalue weighted by Crippen LogP contribution is 2.67. The van der Waals surface area contributed by atoms with Crippen molar-refractivity contribution in [3.05, 3.63) is 0 Å². The van der Waals surface area contributed by atoms with Gasteiger partial charge >= 0.3 is 13.4 Å². The lowest BCUT2D eigenvalue weighted by Gasteiger charge is -2.44. The predicted molar refractivity (Wildman–Crippen MR) is 98.2 cm³/mol. The molecule has 0 amide bonds. The van der Waals surface area contributed by atoms with Gasteiger partial charge < -0.3 is 19.6 Å². The topological polar surface area (TPSA) is 99.4 Å². The minimum Gasteiger partial charge on any atom is -0.327 e. The van der Waals surface area contributed by atoms with Gasteiger partial charge in [0.25, 0.3) is 0 Å². The monoisotopic (exact) mass is 416 g/mol. The molecule has 4 saturated carbocycles. The van der Waals surface area contributed by atoms with E-state index in [-0.39, 0.29) is 9.49 Å². The van der Waals surface area contributed by atoms with E-state index in [1.807, 2.05) is 0 Å². The molecule has 0 aromatic heterocycles. The van der Waals surface area contributed by atoms with Crippen LogP contribution in [0, 0.1) is 11.8 Å². The predicted octanol–water partition coefficient (Wildman–Crippen LogP) is 3.09. The quantitative estimate of drug-likeness (QED) is 0.311. The lowest BCUT2D eigenvalue weighted by molar-refractivity contribution is -0.121. The van der Waals surface area contributed by atoms with Crippen molar-refractivity contribution in [2.45, 2.75) is 73.7 Å². The van der Waals surface area contributed by atoms with Crippen molar-refractivity contribution < 1.29 is 28.9 Å². The normalized spacial score (nSPS) is 42.8. The van der Waals surface area contributed by atoms with Gasteiger partial charge in [0.1, 0.15) is 0 Å². The maximum absolute atomic E-state index is 11.0. The molecule has 0 heterocycles. The van der Waals surface area contributed by atoms with Crippen LogP contribution < -0.4 is 0 Å². The number of rotatable bonds is 5. The Morgan fingerprint density at radius 2 is 1.21 bits per heavy atom. The summed E-state index contributed by atoms with van der Waals surface area (Å²) >= 11 is 4.41. The van der Waals surface area contributed by atoms with Gasteiger partial charge in [0, 0.05) is 9.49 Å². The highest BCUT2D eigenvalue weighted by molar-refractivity contribution is 8.29. The molecule has 0 spiro atoms. The third kappa shape index (κ3) is 3.15. The summed E-state index contributed by atoms with van der Waals surface area (Å²) in [5.41, 5.74) is 0. The molecule has 4 aliphatic carbocycles. The van der Waals surface area contributed by atoms with Gasteiger partial charge in [-0.15, -0.1) is 19.4 Å². The van der Waals surface area contributed by atoms with E-state index in [2.05, 4.69) is 16.5 Å². The van der Waals surface area contributed by atoms with Crippen LogP contribution >= 0.6 is 13.4 Å². The fourth-order valence-corrected chi connectivity index (χ4v) is 15.9. The maximum atomic E-state index is 11.0. The van der Waals surface area contributed by atoms with Crippen molar-refractivity contribution in [1.29, 1.82) is 0 Å². The molecule has 0 aliphatic heterocycles. The molecule has 10 heteroatoms. The summed E-state index contributed by atoms with van der Waals surface area (Å²) in [6.07, 6.45) is 10.8. The Kier molecular flexibility index (Phi) is 4.71. The Balaban J connectivity index is 1.78. The zero-order chi connectivity index (χ0) is 17.2. The summed E-state index contributed by atoms with van der Waals surface area (Å²) in [6.45, 7) is -7.99. The van der Waals surface area contributed by atoms with E-state index in [4.69, 9.17) is 4.67 Å². The van der Waals surface area contributed by atoms with Crippen molar-refractivity contribution in [3.8, 4) is 0 Å². The van der Waals surface area contributed by atoms with Gasteiger partial charge in [0.2, 0.25) is 0 Å². The maximum Gasteiger partial charge on any atom is 0.351 e. The van der Waals surface area contributed by atoms with Gasteiger partial charge in [0.05, 0.1) is 0 Å². The van der Waals surface area contributed by atoms with Crippen molar-refractivity contribution in [2.24, 2.45) is 11.8 Å². The molecular weight excluding hydrogens is 390 g/mol. The Morgan fingerprint density at radius 3 is 1.50 bits per heavy atom. The smallest absolute Gasteiger partial charge is 0.327 e. The molecule has 140 valence electrons. The molecule has 4 N–H and O–H groups in total. The third-order valence-corrected chi connectivity index (χ3v) is 14.7. The molecular formula is C14H26O6P2S2. The van der Waals surface area contributed by atoms with E-state index in [0.717, 1.165) is 64.2 Å². The van der Waals surface area contributed by atoms with Crippen molar-refractivity contribution in [3.63, 3.8) is 0 Å². The van der Waals surface area contributed by atoms with Crippen LogP contribution in [0.15, 0.2) is 0 Å². The second-order valence-corrected chi connectivity index (χ2v) is 16.6. The molecule has 0 radical (unpaired) electrons. The molecule has 0 atom stereocenters. The van der Waals surface area contributed by atoms with Gasteiger partial charge in [-0.25, -0.2) is 0 Å². The van der Waals surface area contributed by atoms with Crippen molar-refractivity contribution in [2.75, 3.05) is 0 Å². The van der Waals surface area contributed by atoms with E-state index in [9.17, 15) is 19.6 Å². The Bertz CT molecular complexity index is 593. The van der Waals surface area contributed by atoms with Gasteiger partial charge in [-0.2, -0.15) is 0 Å². The molecule has 4 bridgehead atoms. The van der Waals surface area contributed by atoms with Gasteiger partial charge in [-0.3, -0.25) is 0 Å². The molecule has 0 unspecified atom stereocenters. The zero-order valence-electron chi connectivity index (χ0n) is 13.5. The van der Waals surface area contributed by atoms with Crippen LogP contribution in [0.5, 0.6) is 0 Å². The number of fused-ring (bicyclic) bond motifs is 4. The molecule has 0 saturated heterocycles. The van der Waals surface area contributed by atoms with Crippen LogP contribution in [0.4, 0.5) is 0 Å². The summed E-state index contributed by atoms with van der Waals surface area (Å²) in [5.74, 6) is 1.38. The first-order chi connectivity index (χ1) is 11.1. The summed E-state index contributed by atoms with van der Waals surface area (Å²) < 4.78 is 9.30. The average molecular weight is 416 g/mol. The van der Waals surface area contributed by atoms with Gasteiger partial charge in [-0.1, -0.05) is 0 Å². The largest absolute Gasteiger partial charge is 0.351 e. The Morgan fingerprint density at radius 1 is 0.792 bits per heavy atom. The van der Waals surface area contributed by atoms with Crippen LogP contribution in [0.2, 0.25) is 0 Å². The summed E-state index contributed by atoms with van der Waals surface area (Å²) in [5, 5.41) is 0. The highest BCUT2D eigenvalue weighted by atomic mass is 32.5. The van der Waals surface area contributed by atoms with E-state index in [1.165, 1.54) is 0 Å². The highest BCUT2D eigenvalue weighted by Gasteiger charge is 2.59. The first-order valence-electron chi connectivity index (χ1n) is 8.68. The molecule has 4 rings (SSSR count). The van der Waals surface area contributed by atoms with Crippen LogP contribution in [-0.4, -0.2) is 29.1 Å². The fourth-order valence-electron chi connectivity index (χ4n) is 5.90. The standard InChI is InChI=1S/C14H26O6P2S2/c15-21(16,23)19-20-22(17,18)24(13-5-1-11(9-13)2-6-13)14-7-3-12(10-14)4-8-14/h11-12,17-18H,1-10H2,(H2,15,16,23). The van der Waals surface area contributed by atoms with E-state index in [0.29, 0.717) is 11.8 Å². The Hall–Kier alpha value is 1.19. The van der Waals surface area contributed by atoms with Crippen LogP contribution in [-0.2, 0) is 31.2 Å². The SMILES string of the molecule is OP(O)(=S)OOP(O)(O)=S(C12CCC(CC1)C2)C12CCC(CC1)C2. The Labute approximate surface area is 149 Å². The number of hydrogen-bond donors (Lipinski definition) is 4. The lowest BCUT2D eigenvalue weighted by Crippen LogP contribution is -2.43. The molecule has 0 aromatic carbocycles. The minimum atomic E-state index is -4.08. The fraction of sp³-hybridized carbons (Fsp3) is 1.00. The molecule has 4 fully saturated rings. The summed E-state index contributed by atoms with van der Waals surface area (Å²) in [6, 6.07) is 0. The second kappa shape index (κ2) is 6.10. The molecule has 0 aromatic rings. The average Bonchev–Trinajstić information content (AvgIpc) is 3.24. The third-order valence-electron chi connectivity index (χ3n) is 6.64. The number of hydrogen-bond acceptors (Lipinski definition) is 3. The van der Waals surface area contributed by atoms with E-state index >= 15 is 0 Å². The lowest BCUT2D eigenvalue weighted by atomic mass is 9.99. The molecule has 6 nitrogen and oxygen atoms in total. The summed E-state index contributed by atoms with van der Waals surface area (Å²) in [4.78, 5) is 40.5. The first kappa shape index (κ1) is 18.5. The summed E-state index contributed by atoms with van der Waals surface area (Å²) in [7, 11) is -0.730. The second-order valence-electron chi connectivity index (χ2n) is 8.08. The van der Waals surface area contributed by atoms with Crippen LogP contribution in [0.25, 0.3) is 0 Å². The van der Waals surface area contributed by atoms with E-state index < -0.39 is 23.5 Å². The van der Waals surface area contributed by atoms with Gasteiger partial charge in [0.15, 0.2) is 0 Å². The zero-order valence-corrected chi connectivity index (χ0v) is 17.0. The van der Waals surface area contributed by atoms with Crippen LogP contribution in [0.1, 0.15) is 64.2 Å².